The van der Waals surface area contributed by atoms with Crippen LogP contribution in [0.1, 0.15) is 11.5 Å². The molecule has 30 heavy (non-hydrogen) atoms. The van der Waals surface area contributed by atoms with Gasteiger partial charge in [0.25, 0.3) is 5.91 Å². The van der Waals surface area contributed by atoms with Crippen LogP contribution in [0, 0.1) is 0 Å². The van der Waals surface area contributed by atoms with Crippen LogP contribution in [-0.2, 0) is 11.2 Å². The first-order valence-corrected chi connectivity index (χ1v) is 10.1. The summed E-state index contributed by atoms with van der Waals surface area (Å²) in [6.07, 6.45) is 0.405. The molecular weight excluding hydrogens is 402 g/mol. The first kappa shape index (κ1) is 19.7. The van der Waals surface area contributed by atoms with E-state index in [4.69, 9.17) is 14.0 Å². The van der Waals surface area contributed by atoms with Crippen LogP contribution in [-0.4, -0.2) is 29.8 Å². The summed E-state index contributed by atoms with van der Waals surface area (Å²) in [5.41, 5.74) is 1.53. The highest BCUT2D eigenvalue weighted by Crippen LogP contribution is 2.26. The lowest BCUT2D eigenvalue weighted by Crippen LogP contribution is -2.21. The number of carbonyl (C=O) groups excluding carboxylic acids is 1. The summed E-state index contributed by atoms with van der Waals surface area (Å²) in [6, 6.07) is 18.5. The van der Waals surface area contributed by atoms with Crippen LogP contribution in [0.15, 0.2) is 70.6 Å². The molecular formula is C22H19N3O4S. The largest absolute Gasteiger partial charge is 0.493 e. The highest BCUT2D eigenvalue weighted by atomic mass is 32.1. The van der Waals surface area contributed by atoms with Gasteiger partial charge in [-0.15, -0.1) is 11.3 Å². The van der Waals surface area contributed by atoms with Gasteiger partial charge >= 0.3 is 0 Å². The molecule has 2 aromatic carbocycles. The highest BCUT2D eigenvalue weighted by molar-refractivity contribution is 7.13. The smallest absolute Gasteiger partial charge is 0.262 e. The number of carbonyl (C=O) groups is 1. The Hall–Kier alpha value is -3.65. The van der Waals surface area contributed by atoms with Crippen molar-refractivity contribution in [2.75, 3.05) is 19.0 Å². The number of thiophene rings is 1. The van der Waals surface area contributed by atoms with Crippen LogP contribution < -0.4 is 14.8 Å². The molecule has 0 aliphatic carbocycles. The molecule has 0 saturated heterocycles. The molecule has 0 radical (unpaired) electrons. The minimum absolute atomic E-state index is 0.141. The SMILES string of the molecule is COc1ccccc1OCC(=O)Nc1ccccc1Cc1nc(-c2cccs2)no1. The molecule has 1 N–H and O–H groups in total. The van der Waals surface area contributed by atoms with Crippen molar-refractivity contribution >= 4 is 22.9 Å². The minimum atomic E-state index is -0.279. The number of nitrogens with zero attached hydrogens (tertiary/aromatic N) is 2. The van der Waals surface area contributed by atoms with Gasteiger partial charge in [0, 0.05) is 5.69 Å². The van der Waals surface area contributed by atoms with Crippen molar-refractivity contribution in [2.24, 2.45) is 0 Å². The molecule has 8 heteroatoms. The molecule has 0 unspecified atom stereocenters. The van der Waals surface area contributed by atoms with Gasteiger partial charge in [0.05, 0.1) is 18.4 Å². The Morgan fingerprint density at radius 1 is 1.07 bits per heavy atom. The summed E-state index contributed by atoms with van der Waals surface area (Å²) in [5.74, 6) is 1.84. The van der Waals surface area contributed by atoms with Gasteiger partial charge in [-0.25, -0.2) is 0 Å². The van der Waals surface area contributed by atoms with Gasteiger partial charge < -0.3 is 19.3 Å². The number of benzene rings is 2. The molecule has 2 heterocycles. The Balaban J connectivity index is 1.41. The van der Waals surface area contributed by atoms with Crippen molar-refractivity contribution in [1.82, 2.24) is 10.1 Å². The van der Waals surface area contributed by atoms with Crippen molar-refractivity contribution in [3.8, 4) is 22.2 Å². The number of rotatable bonds is 8. The van der Waals surface area contributed by atoms with Crippen LogP contribution in [0.4, 0.5) is 5.69 Å². The first-order valence-electron chi connectivity index (χ1n) is 9.23. The second-order valence-corrected chi connectivity index (χ2v) is 7.26. The summed E-state index contributed by atoms with van der Waals surface area (Å²) in [7, 11) is 1.56. The third-order valence-corrected chi connectivity index (χ3v) is 5.14. The van der Waals surface area contributed by atoms with Gasteiger partial charge in [0.1, 0.15) is 0 Å². The molecule has 0 spiro atoms. The highest BCUT2D eigenvalue weighted by Gasteiger charge is 2.14. The molecule has 7 nitrogen and oxygen atoms in total. The zero-order valence-electron chi connectivity index (χ0n) is 16.2. The van der Waals surface area contributed by atoms with E-state index in [1.807, 2.05) is 53.9 Å². The normalized spacial score (nSPS) is 10.6. The second kappa shape index (κ2) is 9.23. The maximum atomic E-state index is 12.4. The standard InChI is InChI=1S/C22H19N3O4S/c1-27-17-9-4-5-10-18(17)28-14-20(26)23-16-8-3-2-7-15(16)13-21-24-22(25-29-21)19-11-6-12-30-19/h2-12H,13-14H2,1H3,(H,23,26). The van der Waals surface area contributed by atoms with Crippen LogP contribution >= 0.6 is 11.3 Å². The fourth-order valence-electron chi connectivity index (χ4n) is 2.86. The van der Waals surface area contributed by atoms with Gasteiger partial charge in [-0.05, 0) is 35.2 Å². The summed E-state index contributed by atoms with van der Waals surface area (Å²) < 4.78 is 16.2. The molecule has 1 amide bonds. The van der Waals surface area contributed by atoms with Crippen LogP contribution in [0.2, 0.25) is 0 Å². The predicted octanol–water partition coefficient (Wildman–Crippen LogP) is 4.42. The minimum Gasteiger partial charge on any atom is -0.493 e. The molecule has 0 atom stereocenters. The first-order chi connectivity index (χ1) is 14.7. The monoisotopic (exact) mass is 421 g/mol. The zero-order valence-corrected chi connectivity index (χ0v) is 17.0. The molecule has 0 aliphatic rings. The lowest BCUT2D eigenvalue weighted by atomic mass is 10.1. The number of aromatic nitrogens is 2. The van der Waals surface area contributed by atoms with Crippen molar-refractivity contribution in [1.29, 1.82) is 0 Å². The number of nitrogens with one attached hydrogen (secondary N) is 1. The molecule has 0 aliphatic heterocycles. The average Bonchev–Trinajstić information content (AvgIpc) is 3.46. The maximum absolute atomic E-state index is 12.4. The number of para-hydroxylation sites is 3. The Morgan fingerprint density at radius 2 is 1.87 bits per heavy atom. The fraction of sp³-hybridized carbons (Fsp3) is 0.136. The number of methoxy groups -OCH3 is 1. The maximum Gasteiger partial charge on any atom is 0.262 e. The summed E-state index contributed by atoms with van der Waals surface area (Å²) >= 11 is 1.55. The predicted molar refractivity (Wildman–Crippen MR) is 114 cm³/mol. The number of anilines is 1. The number of ether oxygens (including phenoxy) is 2. The van der Waals surface area contributed by atoms with E-state index in [9.17, 15) is 4.79 Å². The van der Waals surface area contributed by atoms with Gasteiger partial charge in [-0.3, -0.25) is 4.79 Å². The summed E-state index contributed by atoms with van der Waals surface area (Å²) in [4.78, 5) is 17.8. The number of hydrogen-bond acceptors (Lipinski definition) is 7. The molecule has 152 valence electrons. The lowest BCUT2D eigenvalue weighted by Gasteiger charge is -2.12. The third-order valence-electron chi connectivity index (χ3n) is 4.27. The number of hydrogen-bond donors (Lipinski definition) is 1. The Bertz CT molecular complexity index is 1120. The summed E-state index contributed by atoms with van der Waals surface area (Å²) in [5, 5.41) is 8.87. The third kappa shape index (κ3) is 4.66. The van der Waals surface area contributed by atoms with Crippen molar-refractivity contribution in [2.45, 2.75) is 6.42 Å². The van der Waals surface area contributed by atoms with Crippen LogP contribution in [0.3, 0.4) is 0 Å². The van der Waals surface area contributed by atoms with Gasteiger partial charge in [-0.1, -0.05) is 41.6 Å². The quantitative estimate of drug-likeness (QED) is 0.453. The van der Waals surface area contributed by atoms with E-state index < -0.39 is 0 Å². The molecule has 0 fully saturated rings. The average molecular weight is 421 g/mol. The fourth-order valence-corrected chi connectivity index (χ4v) is 3.51. The van der Waals surface area contributed by atoms with Crippen LogP contribution in [0.25, 0.3) is 10.7 Å². The lowest BCUT2D eigenvalue weighted by molar-refractivity contribution is -0.118. The van der Waals surface area contributed by atoms with E-state index in [1.54, 1.807) is 30.6 Å². The van der Waals surface area contributed by atoms with Gasteiger partial charge in [-0.2, -0.15) is 4.98 Å². The topological polar surface area (TPSA) is 86.5 Å². The van der Waals surface area contributed by atoms with Crippen LogP contribution in [0.5, 0.6) is 11.5 Å². The van der Waals surface area contributed by atoms with E-state index in [0.29, 0.717) is 35.3 Å². The van der Waals surface area contributed by atoms with Gasteiger partial charge in [0.15, 0.2) is 18.1 Å². The molecule has 2 aromatic heterocycles. The van der Waals surface area contributed by atoms with E-state index in [2.05, 4.69) is 15.5 Å². The molecule has 0 saturated carbocycles. The van der Waals surface area contributed by atoms with Crippen molar-refractivity contribution in [3.63, 3.8) is 0 Å². The summed E-state index contributed by atoms with van der Waals surface area (Å²) in [6.45, 7) is -0.141. The molecule has 4 aromatic rings. The van der Waals surface area contributed by atoms with E-state index in [1.165, 1.54) is 0 Å². The number of amides is 1. The van der Waals surface area contributed by atoms with Crippen molar-refractivity contribution in [3.05, 3.63) is 77.5 Å². The Labute approximate surface area is 177 Å². The van der Waals surface area contributed by atoms with E-state index in [-0.39, 0.29) is 12.5 Å². The second-order valence-electron chi connectivity index (χ2n) is 6.31. The van der Waals surface area contributed by atoms with E-state index in [0.717, 1.165) is 10.4 Å². The van der Waals surface area contributed by atoms with Gasteiger partial charge in [0.2, 0.25) is 11.7 Å². The Morgan fingerprint density at radius 3 is 2.67 bits per heavy atom. The van der Waals surface area contributed by atoms with Crippen molar-refractivity contribution < 1.29 is 18.8 Å². The van der Waals surface area contributed by atoms with E-state index >= 15 is 0 Å². The Kier molecular flexibility index (Phi) is 6.05. The molecule has 4 rings (SSSR count). The zero-order chi connectivity index (χ0) is 20.8. The molecule has 0 bridgehead atoms.